The highest BCUT2D eigenvalue weighted by Gasteiger charge is 2.23. The Hall–Kier alpha value is -0.160. The average molecular weight is 206 g/mol. The van der Waals surface area contributed by atoms with Crippen LogP contribution in [0.3, 0.4) is 0 Å². The molecule has 0 aliphatic carbocycles. The quantitative estimate of drug-likeness (QED) is 0.462. The van der Waals surface area contributed by atoms with Gasteiger partial charge in [0.2, 0.25) is 0 Å². The van der Waals surface area contributed by atoms with Crippen LogP contribution < -0.4 is 0 Å². The van der Waals surface area contributed by atoms with Crippen molar-refractivity contribution >= 4 is 0 Å². The lowest BCUT2D eigenvalue weighted by molar-refractivity contribution is 0.0366. The molecule has 2 heterocycles. The molecule has 0 spiro atoms. The maximum Gasteiger partial charge on any atom is 0.104 e. The predicted molar refractivity (Wildman–Crippen MR) is 54.6 cm³/mol. The average Bonchev–Trinajstić information content (AvgIpc) is 2.89. The van der Waals surface area contributed by atoms with Crippen LogP contribution in [0.4, 0.5) is 0 Å². The molecule has 2 saturated heterocycles. The Balaban J connectivity index is 0.000000845. The molecule has 14 heavy (non-hydrogen) atoms. The Bertz CT molecular complexity index is 116. The Morgan fingerprint density at radius 3 is 1.50 bits per heavy atom. The Morgan fingerprint density at radius 1 is 0.857 bits per heavy atom. The molecule has 0 amide bonds. The molecule has 86 valence electrons. The Labute approximate surface area is 86.5 Å². The third-order valence-electron chi connectivity index (χ3n) is 1.78. The fourth-order valence-corrected chi connectivity index (χ4v) is 0.876. The van der Waals surface area contributed by atoms with Crippen molar-refractivity contribution in [3.8, 4) is 0 Å². The van der Waals surface area contributed by atoms with Crippen LogP contribution >= 0.6 is 0 Å². The molecule has 4 nitrogen and oxygen atoms in total. The van der Waals surface area contributed by atoms with Gasteiger partial charge in [-0.3, -0.25) is 0 Å². The second-order valence-corrected chi connectivity index (χ2v) is 3.06. The van der Waals surface area contributed by atoms with Gasteiger partial charge in [-0.25, -0.2) is 0 Å². The molecule has 0 aromatic heterocycles. The minimum atomic E-state index is 0. The zero-order chi connectivity index (χ0) is 8.23. The summed E-state index contributed by atoms with van der Waals surface area (Å²) in [6, 6.07) is 0. The summed E-state index contributed by atoms with van der Waals surface area (Å²) in [4.78, 5) is 0. The third kappa shape index (κ3) is 6.32. The van der Waals surface area contributed by atoms with E-state index in [1.54, 1.807) is 0 Å². The van der Waals surface area contributed by atoms with Crippen LogP contribution in [0.1, 0.15) is 14.9 Å². The van der Waals surface area contributed by atoms with Gasteiger partial charge in [0, 0.05) is 0 Å². The zero-order valence-electron chi connectivity index (χ0n) is 7.03. The molecule has 0 aromatic rings. The maximum atomic E-state index is 5.27. The highest BCUT2D eigenvalue weighted by Crippen LogP contribution is 2.09. The molecular weight excluding hydrogens is 184 g/mol. The predicted octanol–water partition coefficient (Wildman–Crippen LogP) is 1.09. The SMILES string of the molecule is C.C.C(COCC1CO1)OCC1CO1. The van der Waals surface area contributed by atoms with Crippen LogP contribution in [-0.2, 0) is 18.9 Å². The van der Waals surface area contributed by atoms with Crippen molar-refractivity contribution in [1.82, 2.24) is 0 Å². The van der Waals surface area contributed by atoms with Crippen LogP contribution in [0.2, 0.25) is 0 Å². The molecule has 0 N–H and O–H groups in total. The van der Waals surface area contributed by atoms with E-state index >= 15 is 0 Å². The van der Waals surface area contributed by atoms with E-state index < -0.39 is 0 Å². The summed E-state index contributed by atoms with van der Waals surface area (Å²) in [7, 11) is 0. The maximum absolute atomic E-state index is 5.27. The smallest absolute Gasteiger partial charge is 0.104 e. The normalized spacial score (nSPS) is 27.4. The number of ether oxygens (including phenoxy) is 4. The molecule has 0 aromatic carbocycles. The lowest BCUT2D eigenvalue weighted by Crippen LogP contribution is -2.10. The molecule has 0 saturated carbocycles. The van der Waals surface area contributed by atoms with Gasteiger partial charge in [-0.05, 0) is 0 Å². The van der Waals surface area contributed by atoms with Crippen molar-refractivity contribution in [3.63, 3.8) is 0 Å². The first-order chi connectivity index (χ1) is 5.95. The highest BCUT2D eigenvalue weighted by atomic mass is 16.6. The van der Waals surface area contributed by atoms with Gasteiger partial charge in [-0.2, -0.15) is 0 Å². The van der Waals surface area contributed by atoms with Crippen molar-refractivity contribution in [2.45, 2.75) is 27.1 Å². The minimum Gasteiger partial charge on any atom is -0.376 e. The minimum absolute atomic E-state index is 0. The van der Waals surface area contributed by atoms with Gasteiger partial charge in [0.05, 0.1) is 39.6 Å². The van der Waals surface area contributed by atoms with Gasteiger partial charge in [-0.15, -0.1) is 0 Å². The van der Waals surface area contributed by atoms with E-state index in [1.165, 1.54) is 0 Å². The first-order valence-corrected chi connectivity index (χ1v) is 4.34. The molecule has 2 atom stereocenters. The van der Waals surface area contributed by atoms with E-state index in [2.05, 4.69) is 0 Å². The molecule has 0 bridgehead atoms. The van der Waals surface area contributed by atoms with Crippen LogP contribution in [-0.4, -0.2) is 51.8 Å². The van der Waals surface area contributed by atoms with E-state index in [-0.39, 0.29) is 14.9 Å². The summed E-state index contributed by atoms with van der Waals surface area (Å²) in [5.74, 6) is 0. The fraction of sp³-hybridized carbons (Fsp3) is 1.00. The summed E-state index contributed by atoms with van der Waals surface area (Å²) >= 11 is 0. The topological polar surface area (TPSA) is 43.5 Å². The third-order valence-corrected chi connectivity index (χ3v) is 1.78. The van der Waals surface area contributed by atoms with Crippen molar-refractivity contribution in [2.24, 2.45) is 0 Å². The van der Waals surface area contributed by atoms with Crippen molar-refractivity contribution in [2.75, 3.05) is 39.6 Å². The molecule has 2 fully saturated rings. The second-order valence-electron chi connectivity index (χ2n) is 3.06. The van der Waals surface area contributed by atoms with Crippen LogP contribution in [0, 0.1) is 0 Å². The van der Waals surface area contributed by atoms with Gasteiger partial charge in [0.15, 0.2) is 0 Å². The summed E-state index contributed by atoms with van der Waals surface area (Å²) in [6.45, 7) is 4.46. The van der Waals surface area contributed by atoms with Crippen LogP contribution in [0.5, 0.6) is 0 Å². The molecule has 2 aliphatic heterocycles. The largest absolute Gasteiger partial charge is 0.376 e. The summed E-state index contributed by atoms with van der Waals surface area (Å²) < 4.78 is 20.5. The molecule has 2 aliphatic rings. The fourth-order valence-electron chi connectivity index (χ4n) is 0.876. The Morgan fingerprint density at radius 2 is 1.21 bits per heavy atom. The molecule has 4 heteroatoms. The van der Waals surface area contributed by atoms with Gasteiger partial charge in [-0.1, -0.05) is 14.9 Å². The lowest BCUT2D eigenvalue weighted by atomic mass is 10.5. The highest BCUT2D eigenvalue weighted by molar-refractivity contribution is 4.68. The van der Waals surface area contributed by atoms with Gasteiger partial charge in [0.25, 0.3) is 0 Å². The van der Waals surface area contributed by atoms with E-state index in [9.17, 15) is 0 Å². The van der Waals surface area contributed by atoms with E-state index in [0.717, 1.165) is 13.2 Å². The first-order valence-electron chi connectivity index (χ1n) is 4.34. The van der Waals surface area contributed by atoms with E-state index in [1.807, 2.05) is 0 Å². The van der Waals surface area contributed by atoms with Crippen LogP contribution in [0.25, 0.3) is 0 Å². The molecule has 0 radical (unpaired) electrons. The monoisotopic (exact) mass is 206 g/mol. The molecule has 2 rings (SSSR count). The molecule has 2 unspecified atom stereocenters. The van der Waals surface area contributed by atoms with Gasteiger partial charge >= 0.3 is 0 Å². The van der Waals surface area contributed by atoms with Crippen molar-refractivity contribution in [3.05, 3.63) is 0 Å². The van der Waals surface area contributed by atoms with Gasteiger partial charge in [0.1, 0.15) is 12.2 Å². The second kappa shape index (κ2) is 7.17. The zero-order valence-corrected chi connectivity index (χ0v) is 7.03. The van der Waals surface area contributed by atoms with E-state index in [4.69, 9.17) is 18.9 Å². The van der Waals surface area contributed by atoms with Gasteiger partial charge < -0.3 is 18.9 Å². The van der Waals surface area contributed by atoms with Crippen molar-refractivity contribution < 1.29 is 18.9 Å². The number of rotatable bonds is 7. The standard InChI is InChI=1S/C8H14O4.2CH4/c1(9-3-7-5-11-7)2-10-4-8-6-12-8;;/h7-8H,1-6H2;2*1H4. The molecular formula is C10H22O4. The summed E-state index contributed by atoms with van der Waals surface area (Å²) in [5.41, 5.74) is 0. The summed E-state index contributed by atoms with van der Waals surface area (Å²) in [6.07, 6.45) is 0.716. The first kappa shape index (κ1) is 13.8. The number of hydrogen-bond acceptors (Lipinski definition) is 4. The van der Waals surface area contributed by atoms with Crippen molar-refractivity contribution in [1.29, 1.82) is 0 Å². The lowest BCUT2D eigenvalue weighted by Gasteiger charge is -2.02. The van der Waals surface area contributed by atoms with E-state index in [0.29, 0.717) is 38.6 Å². The summed E-state index contributed by atoms with van der Waals surface area (Å²) in [5, 5.41) is 0. The number of hydrogen-bond donors (Lipinski definition) is 0. The Kier molecular flexibility index (Phi) is 7.09. The van der Waals surface area contributed by atoms with Crippen LogP contribution in [0.15, 0.2) is 0 Å². The number of epoxide rings is 2.